The molecule has 0 radical (unpaired) electrons. The van der Waals surface area contributed by atoms with Crippen LogP contribution in [-0.4, -0.2) is 0 Å². The van der Waals surface area contributed by atoms with Gasteiger partial charge in [0.15, 0.2) is 23.3 Å². The van der Waals surface area contributed by atoms with Gasteiger partial charge in [-0.3, -0.25) is 0 Å². The van der Waals surface area contributed by atoms with Crippen molar-refractivity contribution in [1.29, 1.82) is 0 Å². The molecule has 0 amide bonds. The number of benzene rings is 4. The van der Waals surface area contributed by atoms with Gasteiger partial charge in [-0.2, -0.15) is 0 Å². The number of para-hydroxylation sites is 2. The number of nitrogens with one attached hydrogen (secondary N) is 2. The molecule has 0 spiro atoms. The molecule has 34 heavy (non-hydrogen) atoms. The van der Waals surface area contributed by atoms with E-state index in [1.54, 1.807) is 48.5 Å². The molecular weight excluding hydrogens is 480 g/mol. The van der Waals surface area contributed by atoms with E-state index in [1.165, 1.54) is 24.3 Å². The lowest BCUT2D eigenvalue weighted by molar-refractivity contribution is 0.468. The van der Waals surface area contributed by atoms with Crippen molar-refractivity contribution in [2.45, 2.75) is 21.9 Å². The maximum absolute atomic E-state index is 15.1. The summed E-state index contributed by atoms with van der Waals surface area (Å²) in [5, 5.41) is 6.31. The molecule has 2 N–H and O–H groups in total. The Kier molecular flexibility index (Phi) is 7.38. The summed E-state index contributed by atoms with van der Waals surface area (Å²) in [6.07, 6.45) is 0. The first-order valence-corrected chi connectivity index (χ1v) is 11.2. The highest BCUT2D eigenvalue weighted by Crippen LogP contribution is 2.40. The fourth-order valence-electron chi connectivity index (χ4n) is 3.73. The van der Waals surface area contributed by atoms with E-state index in [-0.39, 0.29) is 11.1 Å². The third kappa shape index (κ3) is 5.03. The standard InChI is InChI=1S/C26H20F4N2S2/c27-17-9-5-7-15(23(17)29)25(31-19-11-1-3-13-21(19)33)26(16-8-6-10-18(28)24(16)30)32-20-12-2-4-14-22(20)34/h1-14,25-26,31-34H. The SMILES string of the molecule is Fc1cccc(C(Nc2ccccc2S)C(Nc2ccccc2S)c2cccc(F)c2F)c1F. The molecule has 174 valence electrons. The van der Waals surface area contributed by atoms with E-state index < -0.39 is 35.4 Å². The van der Waals surface area contributed by atoms with Gasteiger partial charge in [0.05, 0.1) is 12.1 Å². The van der Waals surface area contributed by atoms with Crippen LogP contribution in [0.4, 0.5) is 28.9 Å². The normalized spacial score (nSPS) is 12.8. The van der Waals surface area contributed by atoms with Gasteiger partial charge in [-0.15, -0.1) is 25.3 Å². The summed E-state index contributed by atoms with van der Waals surface area (Å²) >= 11 is 8.88. The lowest BCUT2D eigenvalue weighted by Crippen LogP contribution is -2.28. The van der Waals surface area contributed by atoms with Gasteiger partial charge in [-0.05, 0) is 36.4 Å². The number of anilines is 2. The molecule has 0 aliphatic carbocycles. The van der Waals surface area contributed by atoms with E-state index in [9.17, 15) is 8.78 Å². The van der Waals surface area contributed by atoms with Gasteiger partial charge in [0.25, 0.3) is 0 Å². The topological polar surface area (TPSA) is 24.1 Å². The van der Waals surface area contributed by atoms with E-state index in [1.807, 2.05) is 0 Å². The molecule has 4 aromatic rings. The summed E-state index contributed by atoms with van der Waals surface area (Å²) < 4.78 is 58.7. The predicted octanol–water partition coefficient (Wildman–Crippen LogP) is 7.83. The van der Waals surface area contributed by atoms with Gasteiger partial charge < -0.3 is 10.6 Å². The van der Waals surface area contributed by atoms with Crippen LogP contribution in [0.3, 0.4) is 0 Å². The Bertz CT molecular complexity index is 1210. The lowest BCUT2D eigenvalue weighted by atomic mass is 9.91. The summed E-state index contributed by atoms with van der Waals surface area (Å²) in [4.78, 5) is 1.08. The molecule has 0 bridgehead atoms. The fraction of sp³-hybridized carbons (Fsp3) is 0.0769. The van der Waals surface area contributed by atoms with Crippen molar-refractivity contribution in [3.05, 3.63) is 119 Å². The van der Waals surface area contributed by atoms with Gasteiger partial charge in [0, 0.05) is 32.3 Å². The molecule has 0 aliphatic rings. The molecule has 0 heterocycles. The zero-order valence-corrected chi connectivity index (χ0v) is 19.4. The van der Waals surface area contributed by atoms with Crippen molar-refractivity contribution in [2.75, 3.05) is 10.6 Å². The van der Waals surface area contributed by atoms with Crippen LogP contribution in [0.1, 0.15) is 23.2 Å². The van der Waals surface area contributed by atoms with Crippen LogP contribution in [0, 0.1) is 23.3 Å². The average Bonchev–Trinajstić information content (AvgIpc) is 2.82. The molecule has 0 saturated carbocycles. The monoisotopic (exact) mass is 500 g/mol. The van der Waals surface area contributed by atoms with Crippen molar-refractivity contribution in [2.24, 2.45) is 0 Å². The number of rotatable bonds is 7. The third-order valence-corrected chi connectivity index (χ3v) is 6.18. The van der Waals surface area contributed by atoms with E-state index >= 15 is 8.78 Å². The second-order valence-corrected chi connectivity index (χ2v) is 8.53. The van der Waals surface area contributed by atoms with E-state index in [2.05, 4.69) is 35.9 Å². The van der Waals surface area contributed by atoms with Crippen molar-refractivity contribution in [1.82, 2.24) is 0 Å². The Balaban J connectivity index is 1.93. The number of thiol groups is 2. The first-order chi connectivity index (χ1) is 16.4. The highest BCUT2D eigenvalue weighted by molar-refractivity contribution is 7.80. The van der Waals surface area contributed by atoms with Crippen LogP contribution >= 0.6 is 25.3 Å². The molecular formula is C26H20F4N2S2. The van der Waals surface area contributed by atoms with Crippen molar-refractivity contribution < 1.29 is 17.6 Å². The molecule has 0 saturated heterocycles. The van der Waals surface area contributed by atoms with E-state index in [0.717, 1.165) is 12.1 Å². The van der Waals surface area contributed by atoms with Crippen LogP contribution < -0.4 is 10.6 Å². The summed E-state index contributed by atoms with van der Waals surface area (Å²) in [6, 6.07) is 19.2. The Morgan fingerprint density at radius 1 is 0.500 bits per heavy atom. The van der Waals surface area contributed by atoms with E-state index in [4.69, 9.17) is 0 Å². The van der Waals surface area contributed by atoms with Crippen molar-refractivity contribution in [3.8, 4) is 0 Å². The minimum atomic E-state index is -1.10. The van der Waals surface area contributed by atoms with Gasteiger partial charge in [0.2, 0.25) is 0 Å². The molecule has 0 aliphatic heterocycles. The lowest BCUT2D eigenvalue weighted by Gasteiger charge is -2.32. The maximum atomic E-state index is 15.1. The fourth-order valence-corrected chi connectivity index (χ4v) is 4.18. The summed E-state index contributed by atoms with van der Waals surface area (Å²) in [5.74, 6) is -4.31. The minimum Gasteiger partial charge on any atom is -0.375 e. The van der Waals surface area contributed by atoms with Crippen LogP contribution in [0.15, 0.2) is 94.7 Å². The van der Waals surface area contributed by atoms with Crippen LogP contribution in [0.2, 0.25) is 0 Å². The van der Waals surface area contributed by atoms with Crippen molar-refractivity contribution in [3.63, 3.8) is 0 Å². The van der Waals surface area contributed by atoms with Gasteiger partial charge in [-0.1, -0.05) is 48.5 Å². The smallest absolute Gasteiger partial charge is 0.164 e. The molecule has 2 nitrogen and oxygen atoms in total. The Hall–Kier alpha value is -3.10. The Labute approximate surface area is 205 Å². The zero-order valence-electron chi connectivity index (χ0n) is 17.6. The Morgan fingerprint density at radius 2 is 0.882 bits per heavy atom. The highest BCUT2D eigenvalue weighted by atomic mass is 32.1. The summed E-state index contributed by atoms with van der Waals surface area (Å²) in [7, 11) is 0. The minimum absolute atomic E-state index is 0.0746. The zero-order chi connectivity index (χ0) is 24.2. The molecule has 4 rings (SSSR count). The van der Waals surface area contributed by atoms with Gasteiger partial charge >= 0.3 is 0 Å². The maximum Gasteiger partial charge on any atom is 0.164 e. The van der Waals surface area contributed by atoms with Gasteiger partial charge in [0.1, 0.15) is 0 Å². The molecule has 4 aromatic carbocycles. The van der Waals surface area contributed by atoms with E-state index in [0.29, 0.717) is 21.2 Å². The van der Waals surface area contributed by atoms with Crippen molar-refractivity contribution >= 4 is 36.6 Å². The first kappa shape index (κ1) is 24.0. The number of halogens is 4. The predicted molar refractivity (Wildman–Crippen MR) is 133 cm³/mol. The molecule has 2 unspecified atom stereocenters. The first-order valence-electron chi connectivity index (χ1n) is 10.3. The summed E-state index contributed by atoms with van der Waals surface area (Å²) in [5.41, 5.74) is 0.855. The third-order valence-electron chi connectivity index (χ3n) is 5.40. The second-order valence-electron chi connectivity index (χ2n) is 7.56. The molecule has 8 heteroatoms. The van der Waals surface area contributed by atoms with Gasteiger partial charge in [-0.25, -0.2) is 17.6 Å². The summed E-state index contributed by atoms with van der Waals surface area (Å²) in [6.45, 7) is 0. The molecule has 2 atom stereocenters. The number of hydrogen-bond donors (Lipinski definition) is 4. The van der Waals surface area contributed by atoms with Crippen LogP contribution in [0.5, 0.6) is 0 Å². The number of hydrogen-bond acceptors (Lipinski definition) is 4. The highest BCUT2D eigenvalue weighted by Gasteiger charge is 2.32. The largest absolute Gasteiger partial charge is 0.375 e. The quantitative estimate of drug-likeness (QED) is 0.154. The van der Waals surface area contributed by atoms with Crippen LogP contribution in [-0.2, 0) is 0 Å². The Morgan fingerprint density at radius 3 is 1.26 bits per heavy atom. The molecule has 0 aromatic heterocycles. The second kappa shape index (κ2) is 10.4. The average molecular weight is 501 g/mol. The molecule has 0 fully saturated rings. The van der Waals surface area contributed by atoms with Crippen LogP contribution in [0.25, 0.3) is 0 Å².